The van der Waals surface area contributed by atoms with Crippen LogP contribution in [-0.4, -0.2) is 44.7 Å². The van der Waals surface area contributed by atoms with Crippen molar-refractivity contribution in [3.63, 3.8) is 0 Å². The fourth-order valence-corrected chi connectivity index (χ4v) is 7.57. The van der Waals surface area contributed by atoms with Gasteiger partial charge >= 0.3 is 0 Å². The molecule has 3 aromatic rings. The van der Waals surface area contributed by atoms with Gasteiger partial charge in [-0.3, -0.25) is 4.79 Å². The Morgan fingerprint density at radius 1 is 1.05 bits per heavy atom. The summed E-state index contributed by atoms with van der Waals surface area (Å²) in [6, 6.07) is 14.6. The van der Waals surface area contributed by atoms with Gasteiger partial charge in [-0.05, 0) is 91.5 Å². The second-order valence-electron chi connectivity index (χ2n) is 11.6. The molecule has 1 aliphatic carbocycles. The van der Waals surface area contributed by atoms with Gasteiger partial charge in [0, 0.05) is 29.8 Å². The molecule has 44 heavy (non-hydrogen) atoms. The van der Waals surface area contributed by atoms with Crippen molar-refractivity contribution in [2.75, 3.05) is 17.6 Å². The SMILES string of the molecule is C#CC1CCCS(=O)(=O)NC(CCc2c(F)cccc2NC(=O)[C@@H](N)[C@@H](c2ccc(F)cc2)c2ccc3c(c2)CCC3)CN1. The minimum Gasteiger partial charge on any atom is -0.324 e. The van der Waals surface area contributed by atoms with E-state index in [1.165, 1.54) is 35.4 Å². The summed E-state index contributed by atoms with van der Waals surface area (Å²) in [6.07, 6.45) is 10.0. The Kier molecular flexibility index (Phi) is 10.1. The third kappa shape index (κ3) is 7.71. The number of benzene rings is 3. The quantitative estimate of drug-likeness (QED) is 0.283. The lowest BCUT2D eigenvalue weighted by atomic mass is 9.83. The number of sulfonamides is 1. The average Bonchev–Trinajstić information content (AvgIpc) is 3.49. The van der Waals surface area contributed by atoms with Crippen molar-refractivity contribution in [1.29, 1.82) is 0 Å². The summed E-state index contributed by atoms with van der Waals surface area (Å²) < 4.78 is 56.8. The predicted octanol–water partition coefficient (Wildman–Crippen LogP) is 4.16. The van der Waals surface area contributed by atoms with Crippen LogP contribution in [0, 0.1) is 24.0 Å². The van der Waals surface area contributed by atoms with Crippen LogP contribution < -0.4 is 21.1 Å². The van der Waals surface area contributed by atoms with E-state index in [2.05, 4.69) is 33.4 Å². The molecule has 1 fully saturated rings. The Balaban J connectivity index is 1.36. The van der Waals surface area contributed by atoms with E-state index in [1.807, 2.05) is 6.07 Å². The first-order chi connectivity index (χ1) is 21.1. The molecule has 2 aliphatic rings. The number of hydrogen-bond acceptors (Lipinski definition) is 5. The van der Waals surface area contributed by atoms with E-state index in [1.54, 1.807) is 18.2 Å². The van der Waals surface area contributed by atoms with E-state index in [4.69, 9.17) is 12.2 Å². The number of rotatable bonds is 8. The van der Waals surface area contributed by atoms with Crippen molar-refractivity contribution in [3.05, 3.63) is 100 Å². The molecule has 4 atom stereocenters. The molecule has 2 unspecified atom stereocenters. The van der Waals surface area contributed by atoms with Crippen molar-refractivity contribution in [2.45, 2.75) is 69.0 Å². The number of amides is 1. The van der Waals surface area contributed by atoms with Crippen molar-refractivity contribution >= 4 is 21.6 Å². The molecular weight excluding hydrogens is 582 g/mol. The Morgan fingerprint density at radius 3 is 2.57 bits per heavy atom. The first kappa shape index (κ1) is 31.8. The van der Waals surface area contributed by atoms with Gasteiger partial charge in [0.25, 0.3) is 0 Å². The topological polar surface area (TPSA) is 113 Å². The zero-order valence-corrected chi connectivity index (χ0v) is 25.3. The van der Waals surface area contributed by atoms with E-state index >= 15 is 4.39 Å². The number of nitrogens with two attached hydrogens (primary N) is 1. The molecule has 1 heterocycles. The highest BCUT2D eigenvalue weighted by atomic mass is 32.2. The van der Waals surface area contributed by atoms with E-state index in [0.717, 1.165) is 24.8 Å². The summed E-state index contributed by atoms with van der Waals surface area (Å²) >= 11 is 0. The van der Waals surface area contributed by atoms with Crippen molar-refractivity contribution in [2.24, 2.45) is 5.73 Å². The maximum absolute atomic E-state index is 15.2. The molecule has 0 spiro atoms. The van der Waals surface area contributed by atoms with E-state index in [9.17, 15) is 17.6 Å². The fourth-order valence-electron chi connectivity index (χ4n) is 6.20. The van der Waals surface area contributed by atoms with Crippen LogP contribution in [0.15, 0.2) is 60.7 Å². The number of halogens is 2. The van der Waals surface area contributed by atoms with Crippen LogP contribution in [0.2, 0.25) is 0 Å². The monoisotopic (exact) mass is 620 g/mol. The minimum atomic E-state index is -3.53. The van der Waals surface area contributed by atoms with Gasteiger partial charge < -0.3 is 16.4 Å². The van der Waals surface area contributed by atoms with Crippen LogP contribution >= 0.6 is 0 Å². The maximum atomic E-state index is 15.2. The first-order valence-electron chi connectivity index (χ1n) is 15.0. The van der Waals surface area contributed by atoms with Gasteiger partial charge in [-0.15, -0.1) is 6.42 Å². The number of anilines is 1. The van der Waals surface area contributed by atoms with Crippen molar-refractivity contribution in [1.82, 2.24) is 10.0 Å². The van der Waals surface area contributed by atoms with Gasteiger partial charge in [0.15, 0.2) is 0 Å². The molecule has 0 radical (unpaired) electrons. The van der Waals surface area contributed by atoms with Gasteiger partial charge in [-0.1, -0.05) is 42.3 Å². The Morgan fingerprint density at radius 2 is 1.80 bits per heavy atom. The number of hydrogen-bond donors (Lipinski definition) is 4. The molecule has 1 amide bonds. The van der Waals surface area contributed by atoms with Crippen LogP contribution in [0.1, 0.15) is 59.4 Å². The molecule has 1 aliphatic heterocycles. The fraction of sp³-hybridized carbons (Fsp3) is 0.382. The molecule has 0 saturated carbocycles. The lowest BCUT2D eigenvalue weighted by molar-refractivity contribution is -0.117. The van der Waals surface area contributed by atoms with E-state index < -0.39 is 45.6 Å². The van der Waals surface area contributed by atoms with Crippen LogP contribution in [-0.2, 0) is 34.1 Å². The van der Waals surface area contributed by atoms with E-state index in [0.29, 0.717) is 18.4 Å². The molecule has 5 N–H and O–H groups in total. The summed E-state index contributed by atoms with van der Waals surface area (Å²) in [5.74, 6) is 0.604. The number of nitrogens with one attached hydrogen (secondary N) is 3. The summed E-state index contributed by atoms with van der Waals surface area (Å²) in [4.78, 5) is 13.7. The Hall–Kier alpha value is -3.62. The van der Waals surface area contributed by atoms with Crippen molar-refractivity contribution < 1.29 is 22.0 Å². The van der Waals surface area contributed by atoms with E-state index in [-0.39, 0.29) is 42.4 Å². The molecule has 232 valence electrons. The summed E-state index contributed by atoms with van der Waals surface area (Å²) in [5.41, 5.74) is 11.2. The predicted molar refractivity (Wildman–Crippen MR) is 169 cm³/mol. The number of aryl methyl sites for hydroxylation is 2. The second-order valence-corrected chi connectivity index (χ2v) is 13.5. The van der Waals surface area contributed by atoms with Crippen LogP contribution in [0.4, 0.5) is 14.5 Å². The standard InChI is InChI=1S/C34H38F2N4O3S/c1-2-27-8-5-19-44(42,43)40-28(21-38-27)17-18-29-30(36)9-4-10-31(29)39-34(41)33(37)32(23-13-15-26(35)16-14-23)25-12-11-22-6-3-7-24(22)20-25/h1,4,9-16,20,27-28,32-33,38,40H,3,5-8,17-19,21,37H2,(H,39,41)/t27?,28?,32-,33-/m0/s1. The number of fused-ring (bicyclic) bond motifs is 1. The Labute approximate surface area is 258 Å². The lowest BCUT2D eigenvalue weighted by Gasteiger charge is -2.26. The third-order valence-corrected chi connectivity index (χ3v) is 10.1. The van der Waals surface area contributed by atoms with Crippen LogP contribution in [0.5, 0.6) is 0 Å². The van der Waals surface area contributed by atoms with Crippen LogP contribution in [0.3, 0.4) is 0 Å². The second kappa shape index (κ2) is 14.0. The minimum absolute atomic E-state index is 0.0400. The lowest BCUT2D eigenvalue weighted by Crippen LogP contribution is -2.44. The third-order valence-electron chi connectivity index (χ3n) is 8.56. The van der Waals surface area contributed by atoms with Crippen LogP contribution in [0.25, 0.3) is 0 Å². The summed E-state index contributed by atoms with van der Waals surface area (Å²) in [6.45, 7) is 0.287. The van der Waals surface area contributed by atoms with Crippen molar-refractivity contribution in [3.8, 4) is 12.3 Å². The molecule has 0 aromatic heterocycles. The smallest absolute Gasteiger partial charge is 0.242 e. The molecule has 10 heteroatoms. The van der Waals surface area contributed by atoms with Gasteiger partial charge in [-0.25, -0.2) is 21.9 Å². The largest absolute Gasteiger partial charge is 0.324 e. The first-order valence-corrected chi connectivity index (χ1v) is 16.7. The zero-order chi connectivity index (χ0) is 31.3. The highest BCUT2D eigenvalue weighted by molar-refractivity contribution is 7.89. The number of carbonyl (C=O) groups is 1. The Bertz CT molecular complexity index is 1640. The molecule has 5 rings (SSSR count). The van der Waals surface area contributed by atoms with Gasteiger partial charge in [0.2, 0.25) is 15.9 Å². The molecular formula is C34H38F2N4O3S. The molecule has 1 saturated heterocycles. The van der Waals surface area contributed by atoms with Gasteiger partial charge in [0.05, 0.1) is 17.8 Å². The summed E-state index contributed by atoms with van der Waals surface area (Å²) in [7, 11) is -3.53. The average molecular weight is 621 g/mol. The number of terminal acetylenes is 1. The highest BCUT2D eigenvalue weighted by Gasteiger charge is 2.30. The van der Waals surface area contributed by atoms with Gasteiger partial charge in [0.1, 0.15) is 11.6 Å². The van der Waals surface area contributed by atoms with Gasteiger partial charge in [-0.2, -0.15) is 0 Å². The highest BCUT2D eigenvalue weighted by Crippen LogP contribution is 2.33. The normalized spacial score (nSPS) is 21.1. The maximum Gasteiger partial charge on any atom is 0.242 e. The summed E-state index contributed by atoms with van der Waals surface area (Å²) in [5, 5.41) is 6.04. The zero-order valence-electron chi connectivity index (χ0n) is 24.5. The molecule has 0 bridgehead atoms. The molecule has 3 aromatic carbocycles. The number of carbonyl (C=O) groups excluding carboxylic acids is 1. The molecule has 7 nitrogen and oxygen atoms in total.